The zero-order valence-electron chi connectivity index (χ0n) is 37.0. The Morgan fingerprint density at radius 1 is 0.776 bits per heavy atom. The van der Waals surface area contributed by atoms with Gasteiger partial charge < -0.3 is 109 Å². The van der Waals surface area contributed by atoms with E-state index in [-0.39, 0.29) is 6.29 Å². The van der Waals surface area contributed by atoms with Crippen LogP contribution >= 0.6 is 0 Å². The molecule has 10 unspecified atom stereocenters. The molecule has 67 heavy (non-hydrogen) atoms. The first-order valence-electron chi connectivity index (χ1n) is 21.3. The van der Waals surface area contributed by atoms with Gasteiger partial charge in [-0.2, -0.15) is 11.0 Å². The number of aliphatic imine (C=N–C) groups is 1. The summed E-state index contributed by atoms with van der Waals surface area (Å²) in [5.74, 6) is 1.59. The first kappa shape index (κ1) is 54.8. The number of nitrogens with one attached hydrogen (secondary N) is 2. The third kappa shape index (κ3) is 11.9. The second kappa shape index (κ2) is 23.7. The van der Waals surface area contributed by atoms with E-state index < -0.39 is 191 Å². The molecular weight excluding hydrogens is 910 g/mol. The molecule has 2 amide bonds. The number of amides is 2. The number of likely N-dealkylation sites (N-methyl/N-ethyl adjacent to an activating group) is 1. The minimum absolute atomic E-state index is 0.264. The van der Waals surface area contributed by atoms with Crippen LogP contribution in [-0.2, 0) is 66.7 Å². The Kier molecular flexibility index (Phi) is 19.4. The highest BCUT2D eigenvalue weighted by atomic mass is 16.8. The van der Waals surface area contributed by atoms with E-state index in [4.69, 9.17) is 53.5 Å². The van der Waals surface area contributed by atoms with Gasteiger partial charge in [-0.15, -0.1) is 0 Å². The summed E-state index contributed by atoms with van der Waals surface area (Å²) in [5.41, 5.74) is 0. The van der Waals surface area contributed by atoms with Gasteiger partial charge in [-0.25, -0.2) is 9.73 Å². The Balaban J connectivity index is 1.41. The molecule has 384 valence electrons. The smallest absolute Gasteiger partial charge is 0.335 e. The zero-order valence-corrected chi connectivity index (χ0v) is 37.0. The van der Waals surface area contributed by atoms with E-state index in [1.54, 1.807) is 6.92 Å². The Labute approximate surface area is 382 Å². The second-order valence-electron chi connectivity index (χ2n) is 16.9. The molecular formula is C38H63N5O24. The van der Waals surface area contributed by atoms with E-state index in [1.165, 1.54) is 14.0 Å². The molecule has 0 spiro atoms. The van der Waals surface area contributed by atoms with Crippen molar-refractivity contribution in [3.8, 4) is 0 Å². The maximum Gasteiger partial charge on any atom is 0.335 e. The number of carboxylic acid groups (broad SMARTS) is 1. The average Bonchev–Trinajstić information content (AvgIpc) is 3.59. The Bertz CT molecular complexity index is 1680. The zero-order chi connectivity index (χ0) is 49.8. The second-order valence-corrected chi connectivity index (χ2v) is 16.9. The van der Waals surface area contributed by atoms with Gasteiger partial charge in [0.15, 0.2) is 37.6 Å². The maximum atomic E-state index is 13.0. The Morgan fingerprint density at radius 3 is 1.96 bits per heavy atom. The first-order valence-corrected chi connectivity index (χ1v) is 21.3. The van der Waals surface area contributed by atoms with Crippen molar-refractivity contribution in [1.82, 2.24) is 15.7 Å². The molecule has 0 aliphatic carbocycles. The highest BCUT2D eigenvalue weighted by Gasteiger charge is 2.57. The fourth-order valence-corrected chi connectivity index (χ4v) is 8.87. The predicted octanol–water partition coefficient (Wildman–Crippen LogP) is -8.54. The molecule has 29 nitrogen and oxygen atoms in total. The number of ether oxygens (including phenoxy) is 9. The summed E-state index contributed by atoms with van der Waals surface area (Å²) in [6, 6.07) is -5.10. The fourth-order valence-electron chi connectivity index (χ4n) is 8.87. The van der Waals surface area contributed by atoms with Gasteiger partial charge in [0.1, 0.15) is 97.5 Å². The van der Waals surface area contributed by atoms with Crippen LogP contribution in [0.2, 0.25) is 0 Å². The fraction of sp³-hybridized carbons (Fsp3) is 0.868. The standard InChI is InChI=1S/C38H63N5O24/c1-11-19(41-13(3)47)36(66-33(34(56)57)29(11)62-37-20(42-14(4)48)25(52)23(50)16(8-45)61-37)65-32-21(40-5)35(59-12(2)22(32)43(6)67-39)58-10-18-31(24(51)17(9-46)60-18)64-38-28(55)26(53)27(54)30(63-38)15(49)7-44/h9,11-12,15-33,35-38,44-45,49-55H,5,7-8,10,39H2,1-4,6H3,(H,41,47)(H,42,48)(H,56,57)/t11-,12?,15?,16?,17-,18-,19?,20?,21?,22-,23-,24?,25-,26+,27+,28?,29+,30?,31+,32-,33?,35+,36-,37+,38+/m1/s1. The Hall–Kier alpha value is -3.09. The summed E-state index contributed by atoms with van der Waals surface area (Å²) < 4.78 is 53.6. The SMILES string of the molecule is C=NC1[C@@H](OC[C@H]2O[C@H](C=O)C(O)[C@H]2O[C@@H]2OC(C(O)CO)[C@@H](O)[C@H](O)C2O)OC(C)[C@@H](N(C)ON)[C@@H]1O[C@@H]1OC(C(=O)O)[C@@H](O[C@@H]2OC(CO)[C@@H](O)[C@H](O)C2NC(C)=O)[C@H](C)C1NC(C)=O. The van der Waals surface area contributed by atoms with E-state index in [9.17, 15) is 70.2 Å². The number of nitrogens with zero attached hydrogens (tertiary/aromatic N) is 2. The normalized spacial score (nSPS) is 45.3. The van der Waals surface area contributed by atoms with Crippen molar-refractivity contribution in [1.29, 1.82) is 0 Å². The van der Waals surface area contributed by atoms with Crippen LogP contribution in [0.1, 0.15) is 27.7 Å². The molecule has 5 fully saturated rings. The molecule has 0 bridgehead atoms. The van der Waals surface area contributed by atoms with E-state index in [0.29, 0.717) is 0 Å². The summed E-state index contributed by atoms with van der Waals surface area (Å²) in [6.07, 6.45) is -32.5. The molecule has 5 saturated heterocycles. The summed E-state index contributed by atoms with van der Waals surface area (Å²) in [5, 5.41) is 110. The molecule has 5 heterocycles. The highest BCUT2D eigenvalue weighted by Crippen LogP contribution is 2.38. The molecule has 0 aromatic rings. The van der Waals surface area contributed by atoms with Crippen molar-refractivity contribution in [2.24, 2.45) is 16.8 Å². The number of aliphatic hydroxyl groups is 9. The van der Waals surface area contributed by atoms with Crippen LogP contribution in [0.25, 0.3) is 0 Å². The number of carbonyl (C=O) groups excluding carboxylic acids is 3. The van der Waals surface area contributed by atoms with Crippen molar-refractivity contribution in [2.45, 2.75) is 175 Å². The van der Waals surface area contributed by atoms with Gasteiger partial charge in [0.25, 0.3) is 0 Å². The lowest BCUT2D eigenvalue weighted by atomic mass is 9.87. The Morgan fingerprint density at radius 2 is 1.39 bits per heavy atom. The number of hydrogen-bond donors (Lipinski definition) is 13. The van der Waals surface area contributed by atoms with Gasteiger partial charge in [-0.05, 0) is 13.6 Å². The largest absolute Gasteiger partial charge is 0.479 e. The number of hydrogen-bond acceptors (Lipinski definition) is 26. The quantitative estimate of drug-likeness (QED) is 0.0325. The van der Waals surface area contributed by atoms with Gasteiger partial charge in [-0.3, -0.25) is 14.6 Å². The first-order chi connectivity index (χ1) is 31.6. The van der Waals surface area contributed by atoms with Crippen LogP contribution in [0.15, 0.2) is 4.99 Å². The summed E-state index contributed by atoms with van der Waals surface area (Å²) in [4.78, 5) is 59.0. The molecule has 29 heteroatoms. The van der Waals surface area contributed by atoms with E-state index >= 15 is 0 Å². The van der Waals surface area contributed by atoms with Gasteiger partial charge in [0.05, 0.1) is 38.0 Å². The van der Waals surface area contributed by atoms with Gasteiger partial charge in [-0.1, -0.05) is 6.92 Å². The molecule has 5 rings (SSSR count). The number of aldehydes is 1. The van der Waals surface area contributed by atoms with Crippen LogP contribution in [-0.4, -0.2) is 261 Å². The minimum atomic E-state index is -1.97. The maximum absolute atomic E-state index is 13.0. The topological polar surface area (TPSA) is 429 Å². The minimum Gasteiger partial charge on any atom is -0.479 e. The molecule has 0 saturated carbocycles. The molecule has 0 aromatic carbocycles. The van der Waals surface area contributed by atoms with E-state index in [1.807, 2.05) is 0 Å². The lowest BCUT2D eigenvalue weighted by Crippen LogP contribution is -2.69. The molecule has 25 atom stereocenters. The third-order valence-electron chi connectivity index (χ3n) is 12.4. The number of aliphatic carboxylic acids is 1. The number of carbonyl (C=O) groups is 4. The number of nitrogens with two attached hydrogens (primary N) is 1. The van der Waals surface area contributed by atoms with E-state index in [0.717, 1.165) is 18.9 Å². The molecule has 0 radical (unpaired) electrons. The summed E-state index contributed by atoms with van der Waals surface area (Å²) in [7, 11) is 1.40. The van der Waals surface area contributed by atoms with E-state index in [2.05, 4.69) is 22.3 Å². The van der Waals surface area contributed by atoms with Crippen molar-refractivity contribution in [3.63, 3.8) is 0 Å². The molecule has 14 N–H and O–H groups in total. The number of carboxylic acids is 1. The molecule has 5 aliphatic heterocycles. The highest BCUT2D eigenvalue weighted by molar-refractivity contribution is 5.75. The lowest BCUT2D eigenvalue weighted by Gasteiger charge is -2.51. The van der Waals surface area contributed by atoms with Crippen molar-refractivity contribution < 1.29 is 118 Å². The summed E-state index contributed by atoms with van der Waals surface area (Å²) in [6.45, 7) is 6.67. The van der Waals surface area contributed by atoms with Crippen LogP contribution in [0.4, 0.5) is 0 Å². The monoisotopic (exact) mass is 973 g/mol. The average molecular weight is 974 g/mol. The lowest BCUT2D eigenvalue weighted by molar-refractivity contribution is -0.346. The van der Waals surface area contributed by atoms with Crippen molar-refractivity contribution >= 4 is 30.8 Å². The summed E-state index contributed by atoms with van der Waals surface area (Å²) >= 11 is 0. The molecule has 5 aliphatic rings. The van der Waals surface area contributed by atoms with Crippen molar-refractivity contribution in [2.75, 3.05) is 26.9 Å². The van der Waals surface area contributed by atoms with Crippen molar-refractivity contribution in [3.05, 3.63) is 0 Å². The third-order valence-corrected chi connectivity index (χ3v) is 12.4. The number of rotatable bonds is 19. The number of hydroxylamine groups is 2. The van der Waals surface area contributed by atoms with Crippen LogP contribution in [0, 0.1) is 5.92 Å². The van der Waals surface area contributed by atoms with Gasteiger partial charge in [0.2, 0.25) is 11.8 Å². The molecule has 0 aromatic heterocycles. The van der Waals surface area contributed by atoms with Gasteiger partial charge in [0, 0.05) is 26.8 Å². The van der Waals surface area contributed by atoms with Gasteiger partial charge >= 0.3 is 5.97 Å². The predicted molar refractivity (Wildman–Crippen MR) is 214 cm³/mol. The van der Waals surface area contributed by atoms with Crippen LogP contribution in [0.5, 0.6) is 0 Å². The van der Waals surface area contributed by atoms with Crippen LogP contribution in [0.3, 0.4) is 0 Å². The number of aliphatic hydroxyl groups excluding tert-OH is 9. The van der Waals surface area contributed by atoms with Crippen LogP contribution < -0.4 is 16.5 Å².